The lowest BCUT2D eigenvalue weighted by Crippen LogP contribution is -2.64. The first kappa shape index (κ1) is 15.5. The van der Waals surface area contributed by atoms with Crippen molar-refractivity contribution in [2.24, 2.45) is 5.92 Å². The highest BCUT2D eigenvalue weighted by Crippen LogP contribution is 2.40. The second-order valence-electron chi connectivity index (χ2n) is 6.43. The van der Waals surface area contributed by atoms with Crippen molar-refractivity contribution in [2.75, 3.05) is 47.0 Å². The van der Waals surface area contributed by atoms with Crippen LogP contribution in [-0.4, -0.2) is 68.3 Å². The SMILES string of the molecule is CN(C)C(=O)COCC1CCOC12CN(Cc1ccco1)C2. The molecule has 6 heteroatoms. The number of furan rings is 1. The molecule has 122 valence electrons. The van der Waals surface area contributed by atoms with Crippen LogP contribution in [-0.2, 0) is 20.8 Å². The van der Waals surface area contributed by atoms with Crippen molar-refractivity contribution in [3.8, 4) is 0 Å². The van der Waals surface area contributed by atoms with E-state index in [4.69, 9.17) is 13.9 Å². The van der Waals surface area contributed by atoms with Crippen LogP contribution in [0.15, 0.2) is 22.8 Å². The van der Waals surface area contributed by atoms with E-state index in [9.17, 15) is 4.79 Å². The van der Waals surface area contributed by atoms with Gasteiger partial charge in [0.25, 0.3) is 0 Å². The van der Waals surface area contributed by atoms with Gasteiger partial charge in [0.1, 0.15) is 12.4 Å². The number of likely N-dealkylation sites (tertiary alicyclic amines) is 1. The topological polar surface area (TPSA) is 55.2 Å². The Balaban J connectivity index is 1.44. The molecule has 1 aromatic heterocycles. The van der Waals surface area contributed by atoms with E-state index in [1.54, 1.807) is 25.3 Å². The number of likely N-dealkylation sites (N-methyl/N-ethyl adjacent to an activating group) is 1. The molecule has 3 rings (SSSR count). The Hall–Kier alpha value is -1.37. The van der Waals surface area contributed by atoms with E-state index < -0.39 is 0 Å². The smallest absolute Gasteiger partial charge is 0.248 e. The maximum Gasteiger partial charge on any atom is 0.248 e. The molecule has 2 aliphatic heterocycles. The number of amides is 1. The second kappa shape index (κ2) is 6.40. The number of nitrogens with zero attached hydrogens (tertiary/aromatic N) is 2. The van der Waals surface area contributed by atoms with Gasteiger partial charge in [0, 0.05) is 39.7 Å². The third kappa shape index (κ3) is 3.19. The van der Waals surface area contributed by atoms with Crippen LogP contribution in [0.3, 0.4) is 0 Å². The van der Waals surface area contributed by atoms with Crippen LogP contribution in [0.2, 0.25) is 0 Å². The molecule has 1 aromatic rings. The zero-order chi connectivity index (χ0) is 15.6. The fourth-order valence-corrected chi connectivity index (χ4v) is 3.23. The lowest BCUT2D eigenvalue weighted by Gasteiger charge is -2.50. The molecule has 0 N–H and O–H groups in total. The summed E-state index contributed by atoms with van der Waals surface area (Å²) in [5.74, 6) is 1.36. The maximum atomic E-state index is 11.5. The van der Waals surface area contributed by atoms with Gasteiger partial charge in [-0.3, -0.25) is 9.69 Å². The standard InChI is InChI=1S/C16H24N2O4/c1-17(2)15(19)10-20-9-13-5-7-22-16(13)11-18(12-16)8-14-4-3-6-21-14/h3-4,6,13H,5,7-12H2,1-2H3. The summed E-state index contributed by atoms with van der Waals surface area (Å²) in [6, 6.07) is 3.91. The first-order valence-corrected chi connectivity index (χ1v) is 7.76. The summed E-state index contributed by atoms with van der Waals surface area (Å²) in [5.41, 5.74) is -0.0895. The van der Waals surface area contributed by atoms with Crippen LogP contribution in [0, 0.1) is 5.92 Å². The summed E-state index contributed by atoms with van der Waals surface area (Å²) in [6.45, 7) is 4.16. The van der Waals surface area contributed by atoms with Gasteiger partial charge < -0.3 is 18.8 Å². The monoisotopic (exact) mass is 308 g/mol. The van der Waals surface area contributed by atoms with Gasteiger partial charge in [-0.15, -0.1) is 0 Å². The summed E-state index contributed by atoms with van der Waals surface area (Å²) >= 11 is 0. The van der Waals surface area contributed by atoms with Crippen molar-refractivity contribution in [2.45, 2.75) is 18.6 Å². The third-order valence-electron chi connectivity index (χ3n) is 4.59. The normalized spacial score (nSPS) is 23.6. The Morgan fingerprint density at radius 1 is 1.50 bits per heavy atom. The minimum Gasteiger partial charge on any atom is -0.468 e. The van der Waals surface area contributed by atoms with E-state index in [0.717, 1.165) is 38.4 Å². The molecule has 0 bridgehead atoms. The number of carbonyl (C=O) groups excluding carboxylic acids is 1. The molecule has 2 saturated heterocycles. The van der Waals surface area contributed by atoms with Crippen molar-refractivity contribution < 1.29 is 18.7 Å². The Morgan fingerprint density at radius 3 is 3.00 bits per heavy atom. The number of ether oxygens (including phenoxy) is 2. The Bertz CT molecular complexity index is 494. The fourth-order valence-electron chi connectivity index (χ4n) is 3.23. The van der Waals surface area contributed by atoms with Crippen LogP contribution >= 0.6 is 0 Å². The van der Waals surface area contributed by atoms with Crippen LogP contribution in [0.4, 0.5) is 0 Å². The van der Waals surface area contributed by atoms with Gasteiger partial charge >= 0.3 is 0 Å². The third-order valence-corrected chi connectivity index (χ3v) is 4.59. The van der Waals surface area contributed by atoms with Gasteiger partial charge in [-0.25, -0.2) is 0 Å². The summed E-state index contributed by atoms with van der Waals surface area (Å²) in [6.07, 6.45) is 2.71. The lowest BCUT2D eigenvalue weighted by molar-refractivity contribution is -0.151. The number of hydrogen-bond acceptors (Lipinski definition) is 5. The minimum absolute atomic E-state index is 0.000945. The van der Waals surface area contributed by atoms with Crippen LogP contribution in [0.25, 0.3) is 0 Å². The van der Waals surface area contributed by atoms with Crippen molar-refractivity contribution in [3.63, 3.8) is 0 Å². The zero-order valence-corrected chi connectivity index (χ0v) is 13.3. The highest BCUT2D eigenvalue weighted by Gasteiger charge is 2.52. The molecule has 1 atom stereocenters. The largest absolute Gasteiger partial charge is 0.468 e. The second-order valence-corrected chi connectivity index (χ2v) is 6.43. The number of carbonyl (C=O) groups is 1. The molecular formula is C16H24N2O4. The van der Waals surface area contributed by atoms with Crippen molar-refractivity contribution >= 4 is 5.91 Å². The fraction of sp³-hybridized carbons (Fsp3) is 0.688. The molecular weight excluding hydrogens is 284 g/mol. The van der Waals surface area contributed by atoms with Crippen molar-refractivity contribution in [1.29, 1.82) is 0 Å². The van der Waals surface area contributed by atoms with Crippen LogP contribution in [0.1, 0.15) is 12.2 Å². The number of hydrogen-bond donors (Lipinski definition) is 0. The molecule has 6 nitrogen and oxygen atoms in total. The van der Waals surface area contributed by atoms with Gasteiger partial charge in [0.15, 0.2) is 0 Å². The van der Waals surface area contributed by atoms with Crippen molar-refractivity contribution in [1.82, 2.24) is 9.80 Å². The highest BCUT2D eigenvalue weighted by molar-refractivity contribution is 5.76. The van der Waals surface area contributed by atoms with E-state index in [1.165, 1.54) is 0 Å². The van der Waals surface area contributed by atoms with Gasteiger partial charge in [-0.2, -0.15) is 0 Å². The molecule has 1 amide bonds. The van der Waals surface area contributed by atoms with E-state index >= 15 is 0 Å². The molecule has 3 heterocycles. The summed E-state index contributed by atoms with van der Waals surface area (Å²) < 4.78 is 17.0. The molecule has 0 saturated carbocycles. The van der Waals surface area contributed by atoms with Gasteiger partial charge in [-0.1, -0.05) is 0 Å². The molecule has 0 aliphatic carbocycles. The van der Waals surface area contributed by atoms with Crippen LogP contribution < -0.4 is 0 Å². The van der Waals surface area contributed by atoms with Crippen LogP contribution in [0.5, 0.6) is 0 Å². The minimum atomic E-state index is -0.0895. The Labute approximate surface area is 131 Å². The molecule has 0 aromatic carbocycles. The molecule has 2 aliphatic rings. The predicted molar refractivity (Wildman–Crippen MR) is 80.3 cm³/mol. The first-order chi connectivity index (χ1) is 10.6. The average molecular weight is 308 g/mol. The molecule has 0 radical (unpaired) electrons. The average Bonchev–Trinajstić information content (AvgIpc) is 3.08. The lowest BCUT2D eigenvalue weighted by atomic mass is 9.81. The maximum absolute atomic E-state index is 11.5. The van der Waals surface area contributed by atoms with E-state index in [-0.39, 0.29) is 18.1 Å². The molecule has 22 heavy (non-hydrogen) atoms. The van der Waals surface area contributed by atoms with Gasteiger partial charge in [0.05, 0.1) is 25.0 Å². The molecule has 1 unspecified atom stereocenters. The summed E-state index contributed by atoms with van der Waals surface area (Å²) in [7, 11) is 3.48. The van der Waals surface area contributed by atoms with E-state index in [0.29, 0.717) is 12.5 Å². The number of rotatable bonds is 6. The Morgan fingerprint density at radius 2 is 2.32 bits per heavy atom. The van der Waals surface area contributed by atoms with Gasteiger partial charge in [0.2, 0.25) is 5.91 Å². The van der Waals surface area contributed by atoms with Crippen molar-refractivity contribution in [3.05, 3.63) is 24.2 Å². The predicted octanol–water partition coefficient (Wildman–Crippen LogP) is 0.975. The highest BCUT2D eigenvalue weighted by atomic mass is 16.5. The summed E-state index contributed by atoms with van der Waals surface area (Å²) in [4.78, 5) is 15.4. The molecule has 1 spiro atoms. The van der Waals surface area contributed by atoms with E-state index in [1.807, 2.05) is 12.1 Å². The summed E-state index contributed by atoms with van der Waals surface area (Å²) in [5, 5.41) is 0. The van der Waals surface area contributed by atoms with E-state index in [2.05, 4.69) is 4.90 Å². The van der Waals surface area contributed by atoms with Gasteiger partial charge in [-0.05, 0) is 18.6 Å². The quantitative estimate of drug-likeness (QED) is 0.784. The zero-order valence-electron chi connectivity index (χ0n) is 13.3. The Kier molecular flexibility index (Phi) is 4.52. The molecule has 2 fully saturated rings. The first-order valence-electron chi connectivity index (χ1n) is 7.76.